The van der Waals surface area contributed by atoms with Crippen LogP contribution in [0.4, 0.5) is 5.69 Å². The van der Waals surface area contributed by atoms with Gasteiger partial charge in [0.15, 0.2) is 6.10 Å². The van der Waals surface area contributed by atoms with E-state index in [0.717, 1.165) is 5.69 Å². The van der Waals surface area contributed by atoms with Gasteiger partial charge in [0.2, 0.25) is 0 Å². The maximum Gasteiger partial charge on any atom is 0.265 e. The summed E-state index contributed by atoms with van der Waals surface area (Å²) >= 11 is 0. The van der Waals surface area contributed by atoms with Gasteiger partial charge in [0.25, 0.3) is 5.91 Å². The van der Waals surface area contributed by atoms with Crippen molar-refractivity contribution in [3.8, 4) is 5.75 Å². The number of rotatable bonds is 1. The van der Waals surface area contributed by atoms with E-state index in [0.29, 0.717) is 31.8 Å². The number of benzene rings is 1. The van der Waals surface area contributed by atoms with Crippen LogP contribution in [-0.4, -0.2) is 47.8 Å². The number of carbonyl (C=O) groups excluding carboxylic acids is 1. The quantitative estimate of drug-likeness (QED) is 0.757. The fraction of sp³-hybridized carbons (Fsp3) is 0.462. The normalized spacial score (nSPS) is 26.2. The monoisotopic (exact) mass is 248 g/mol. The molecule has 2 atom stereocenters. The van der Waals surface area contributed by atoms with Gasteiger partial charge in [-0.15, -0.1) is 0 Å². The third-order valence-electron chi connectivity index (χ3n) is 3.38. The van der Waals surface area contributed by atoms with Gasteiger partial charge in [-0.05, 0) is 18.6 Å². The summed E-state index contributed by atoms with van der Waals surface area (Å²) in [5, 5.41) is 12.6. The Morgan fingerprint density at radius 2 is 2.28 bits per heavy atom. The molecule has 0 spiro atoms. The second-order valence-electron chi connectivity index (χ2n) is 4.71. The van der Waals surface area contributed by atoms with Crippen LogP contribution in [0.5, 0.6) is 5.75 Å². The van der Waals surface area contributed by atoms with E-state index < -0.39 is 12.2 Å². The van der Waals surface area contributed by atoms with E-state index in [4.69, 9.17) is 4.74 Å². The van der Waals surface area contributed by atoms with E-state index in [1.165, 1.54) is 0 Å². The number of hydrogen-bond donors (Lipinski definition) is 2. The molecule has 0 bridgehead atoms. The van der Waals surface area contributed by atoms with Crippen LogP contribution in [0.15, 0.2) is 24.3 Å². The molecule has 2 aliphatic heterocycles. The second-order valence-corrected chi connectivity index (χ2v) is 4.71. The number of aliphatic hydroxyl groups is 1. The first-order valence-electron chi connectivity index (χ1n) is 6.20. The highest BCUT2D eigenvalue weighted by Crippen LogP contribution is 2.28. The lowest BCUT2D eigenvalue weighted by Crippen LogP contribution is -2.46. The summed E-state index contributed by atoms with van der Waals surface area (Å²) in [6, 6.07) is 7.58. The molecule has 1 fully saturated rings. The third-order valence-corrected chi connectivity index (χ3v) is 3.38. The molecule has 1 aromatic rings. The first-order chi connectivity index (χ1) is 8.74. The number of fused-ring (bicyclic) bond motifs is 1. The summed E-state index contributed by atoms with van der Waals surface area (Å²) in [6.07, 6.45) is -0.231. The minimum absolute atomic E-state index is 0.0476. The standard InChI is InChI=1S/C13H16N2O3/c16-9-5-6-15(8-9)13(17)12-7-14-10-3-1-2-4-11(10)18-12/h1-4,9,12,14,16H,5-8H2. The Morgan fingerprint density at radius 3 is 3.06 bits per heavy atom. The highest BCUT2D eigenvalue weighted by Gasteiger charge is 2.33. The number of β-amino-alcohol motifs (C(OH)–C–C–N with tert-alkyl or cyclic N) is 1. The summed E-state index contributed by atoms with van der Waals surface area (Å²) in [4.78, 5) is 13.9. The van der Waals surface area contributed by atoms with Gasteiger partial charge in [-0.1, -0.05) is 12.1 Å². The number of anilines is 1. The van der Waals surface area contributed by atoms with Gasteiger partial charge in [-0.25, -0.2) is 0 Å². The maximum absolute atomic E-state index is 12.2. The summed E-state index contributed by atoms with van der Waals surface area (Å²) in [7, 11) is 0. The van der Waals surface area contributed by atoms with Crippen LogP contribution in [-0.2, 0) is 4.79 Å². The van der Waals surface area contributed by atoms with Gasteiger partial charge >= 0.3 is 0 Å². The van der Waals surface area contributed by atoms with E-state index >= 15 is 0 Å². The zero-order chi connectivity index (χ0) is 12.5. The van der Waals surface area contributed by atoms with E-state index in [1.807, 2.05) is 24.3 Å². The molecule has 0 radical (unpaired) electrons. The molecule has 0 aliphatic carbocycles. The summed E-state index contributed by atoms with van der Waals surface area (Å²) < 4.78 is 5.71. The number of hydrogen-bond acceptors (Lipinski definition) is 4. The number of amides is 1. The van der Waals surface area contributed by atoms with Gasteiger partial charge in [0, 0.05) is 13.1 Å². The Bertz CT molecular complexity index is 463. The molecule has 5 nitrogen and oxygen atoms in total. The van der Waals surface area contributed by atoms with Gasteiger partial charge in [0.05, 0.1) is 18.3 Å². The predicted molar refractivity (Wildman–Crippen MR) is 66.6 cm³/mol. The molecule has 0 saturated carbocycles. The molecule has 2 aliphatic rings. The zero-order valence-electron chi connectivity index (χ0n) is 10.0. The van der Waals surface area contributed by atoms with Crippen LogP contribution in [0, 0.1) is 0 Å². The van der Waals surface area contributed by atoms with Gasteiger partial charge < -0.3 is 20.1 Å². The molecule has 2 N–H and O–H groups in total. The Labute approximate surface area is 105 Å². The van der Waals surface area contributed by atoms with E-state index in [9.17, 15) is 9.90 Å². The number of carbonyl (C=O) groups is 1. The predicted octanol–water partition coefficient (Wildman–Crippen LogP) is 0.453. The van der Waals surface area contributed by atoms with Crippen LogP contribution in [0.2, 0.25) is 0 Å². The topological polar surface area (TPSA) is 61.8 Å². The Morgan fingerprint density at radius 1 is 1.44 bits per heavy atom. The summed E-state index contributed by atoms with van der Waals surface area (Å²) in [5.41, 5.74) is 0.919. The number of ether oxygens (including phenoxy) is 1. The maximum atomic E-state index is 12.2. The Hall–Kier alpha value is -1.75. The van der Waals surface area contributed by atoms with Crippen molar-refractivity contribution in [2.24, 2.45) is 0 Å². The van der Waals surface area contributed by atoms with E-state index in [1.54, 1.807) is 4.90 Å². The van der Waals surface area contributed by atoms with Crippen LogP contribution >= 0.6 is 0 Å². The first-order valence-corrected chi connectivity index (χ1v) is 6.20. The molecule has 0 aromatic heterocycles. The summed E-state index contributed by atoms with van der Waals surface area (Å²) in [6.45, 7) is 1.50. The number of likely N-dealkylation sites (tertiary alicyclic amines) is 1. The van der Waals surface area contributed by atoms with Crippen molar-refractivity contribution in [3.05, 3.63) is 24.3 Å². The molecule has 1 saturated heterocycles. The first kappa shape index (κ1) is 11.3. The average molecular weight is 248 g/mol. The minimum atomic E-state index is -0.495. The minimum Gasteiger partial charge on any atom is -0.477 e. The Kier molecular flexibility index (Phi) is 2.83. The lowest BCUT2D eigenvalue weighted by Gasteiger charge is -2.29. The SMILES string of the molecule is O=C(C1CNc2ccccc2O1)N1CCC(O)C1. The molecular formula is C13H16N2O3. The van der Waals surface area contributed by atoms with Crippen LogP contribution in [0.1, 0.15) is 6.42 Å². The van der Waals surface area contributed by atoms with E-state index in [2.05, 4.69) is 5.32 Å². The molecule has 1 amide bonds. The fourth-order valence-corrected chi connectivity index (χ4v) is 2.40. The largest absolute Gasteiger partial charge is 0.477 e. The Balaban J connectivity index is 1.70. The number of nitrogens with one attached hydrogen (secondary N) is 1. The number of para-hydroxylation sites is 2. The molecule has 1 aromatic carbocycles. The smallest absolute Gasteiger partial charge is 0.265 e. The van der Waals surface area contributed by atoms with Crippen molar-refractivity contribution in [2.45, 2.75) is 18.6 Å². The molecule has 18 heavy (non-hydrogen) atoms. The number of nitrogens with zero attached hydrogens (tertiary/aromatic N) is 1. The molecule has 96 valence electrons. The van der Waals surface area contributed by atoms with Crippen LogP contribution in [0.3, 0.4) is 0 Å². The van der Waals surface area contributed by atoms with Crippen molar-refractivity contribution in [1.29, 1.82) is 0 Å². The molecule has 2 heterocycles. The molecule has 5 heteroatoms. The van der Waals surface area contributed by atoms with Crippen molar-refractivity contribution in [3.63, 3.8) is 0 Å². The summed E-state index contributed by atoms with van der Waals surface area (Å²) in [5.74, 6) is 0.662. The van der Waals surface area contributed by atoms with Crippen molar-refractivity contribution in [2.75, 3.05) is 25.0 Å². The lowest BCUT2D eigenvalue weighted by molar-refractivity contribution is -0.137. The van der Waals surface area contributed by atoms with Crippen molar-refractivity contribution >= 4 is 11.6 Å². The molecular weight excluding hydrogens is 232 g/mol. The average Bonchev–Trinajstić information content (AvgIpc) is 2.84. The third kappa shape index (κ3) is 2.01. The van der Waals surface area contributed by atoms with Crippen LogP contribution < -0.4 is 10.1 Å². The fourth-order valence-electron chi connectivity index (χ4n) is 2.40. The van der Waals surface area contributed by atoms with Gasteiger partial charge in [0.1, 0.15) is 5.75 Å². The van der Waals surface area contributed by atoms with Crippen molar-refractivity contribution in [1.82, 2.24) is 4.90 Å². The number of aliphatic hydroxyl groups excluding tert-OH is 1. The van der Waals surface area contributed by atoms with Gasteiger partial charge in [-0.2, -0.15) is 0 Å². The highest BCUT2D eigenvalue weighted by molar-refractivity contribution is 5.83. The van der Waals surface area contributed by atoms with Crippen LogP contribution in [0.25, 0.3) is 0 Å². The zero-order valence-corrected chi connectivity index (χ0v) is 10.0. The second kappa shape index (κ2) is 4.49. The molecule has 2 unspecified atom stereocenters. The lowest BCUT2D eigenvalue weighted by atomic mass is 10.2. The highest BCUT2D eigenvalue weighted by atomic mass is 16.5. The van der Waals surface area contributed by atoms with Crippen molar-refractivity contribution < 1.29 is 14.6 Å². The van der Waals surface area contributed by atoms with E-state index in [-0.39, 0.29) is 5.91 Å². The van der Waals surface area contributed by atoms with Gasteiger partial charge in [-0.3, -0.25) is 4.79 Å². The molecule has 3 rings (SSSR count).